The number of ether oxygens (including phenoxy) is 3. The van der Waals surface area contributed by atoms with Gasteiger partial charge < -0.3 is 19.3 Å². The molecule has 1 aliphatic rings. The standard InChI is InChI=1S/C26H25IN2O6S/c1-5-34-19-12-15(11-17(27)23(19)30)13-20-24(31)29-22(16-9-7-8-10-18(16)33-4)21(25(32)35-6-2)14(3)28-26(29)36-20/h7-13,22,30H,5-6H2,1-4H3/b20-13+/t22-/m0/s1. The predicted octanol–water partition coefficient (Wildman–Crippen LogP) is 3.52. The summed E-state index contributed by atoms with van der Waals surface area (Å²) in [6.45, 7) is 5.89. The number of carbonyl (C=O) groups is 1. The number of hydrogen-bond acceptors (Lipinski definition) is 8. The molecule has 0 unspecified atom stereocenters. The third kappa shape index (κ3) is 4.79. The number of phenols is 1. The van der Waals surface area contributed by atoms with E-state index >= 15 is 0 Å². The lowest BCUT2D eigenvalue weighted by Gasteiger charge is -2.25. The van der Waals surface area contributed by atoms with Crippen LogP contribution in [0.4, 0.5) is 0 Å². The van der Waals surface area contributed by atoms with Crippen LogP contribution in [0.2, 0.25) is 0 Å². The molecule has 0 bridgehead atoms. The molecule has 1 N–H and O–H groups in total. The SMILES string of the molecule is CCOC(=O)C1=C(C)N=c2s/c(=C/c3cc(I)c(O)c(OCC)c3)c(=O)n2[C@H]1c1ccccc1OC. The van der Waals surface area contributed by atoms with Crippen molar-refractivity contribution in [1.82, 2.24) is 4.57 Å². The maximum Gasteiger partial charge on any atom is 0.338 e. The van der Waals surface area contributed by atoms with Crippen LogP contribution in [0.5, 0.6) is 17.2 Å². The maximum absolute atomic E-state index is 13.8. The van der Waals surface area contributed by atoms with Crippen LogP contribution in [0.3, 0.4) is 0 Å². The highest BCUT2D eigenvalue weighted by atomic mass is 127. The minimum absolute atomic E-state index is 0.0573. The van der Waals surface area contributed by atoms with E-state index in [9.17, 15) is 14.7 Å². The van der Waals surface area contributed by atoms with E-state index in [2.05, 4.69) is 4.99 Å². The molecule has 3 aromatic rings. The van der Waals surface area contributed by atoms with Crippen LogP contribution in [0.15, 0.2) is 57.5 Å². The normalized spacial score (nSPS) is 15.4. The molecular formula is C26H25IN2O6S. The quantitative estimate of drug-likeness (QED) is 0.321. The number of phenolic OH excluding ortho intramolecular Hbond substituents is 1. The first kappa shape index (κ1) is 26.0. The number of methoxy groups -OCH3 is 1. The van der Waals surface area contributed by atoms with Crippen LogP contribution >= 0.6 is 33.9 Å². The van der Waals surface area contributed by atoms with Gasteiger partial charge in [0, 0.05) is 5.56 Å². The molecule has 1 aliphatic heterocycles. The van der Waals surface area contributed by atoms with Crippen molar-refractivity contribution in [1.29, 1.82) is 0 Å². The Labute approximate surface area is 225 Å². The van der Waals surface area contributed by atoms with E-state index in [1.807, 2.05) is 47.7 Å². The van der Waals surface area contributed by atoms with Crippen molar-refractivity contribution in [3.63, 3.8) is 0 Å². The molecule has 0 saturated carbocycles. The van der Waals surface area contributed by atoms with Crippen molar-refractivity contribution < 1.29 is 24.1 Å². The van der Waals surface area contributed by atoms with Crippen molar-refractivity contribution in [3.05, 3.63) is 82.1 Å². The van der Waals surface area contributed by atoms with Gasteiger partial charge in [-0.3, -0.25) is 9.36 Å². The smallest absolute Gasteiger partial charge is 0.338 e. The summed E-state index contributed by atoms with van der Waals surface area (Å²) in [5.41, 5.74) is 1.82. The second kappa shape index (κ2) is 10.9. The van der Waals surface area contributed by atoms with Gasteiger partial charge in [0.25, 0.3) is 5.56 Å². The van der Waals surface area contributed by atoms with Crippen LogP contribution in [-0.2, 0) is 9.53 Å². The summed E-state index contributed by atoms with van der Waals surface area (Å²) in [4.78, 5) is 31.9. The molecule has 0 radical (unpaired) electrons. The van der Waals surface area contributed by atoms with Crippen LogP contribution in [0, 0.1) is 3.57 Å². The van der Waals surface area contributed by atoms with Crippen molar-refractivity contribution in [2.75, 3.05) is 20.3 Å². The molecule has 2 heterocycles. The van der Waals surface area contributed by atoms with Crippen LogP contribution in [0.1, 0.15) is 37.9 Å². The Bertz CT molecular complexity index is 1540. The number of benzene rings is 2. The highest BCUT2D eigenvalue weighted by Gasteiger charge is 2.34. The maximum atomic E-state index is 13.8. The number of aromatic nitrogens is 1. The fourth-order valence-corrected chi connectivity index (χ4v) is 5.74. The highest BCUT2D eigenvalue weighted by molar-refractivity contribution is 14.1. The number of hydrogen-bond donors (Lipinski definition) is 1. The van der Waals surface area contributed by atoms with Gasteiger partial charge in [-0.05, 0) is 73.2 Å². The molecule has 0 amide bonds. The summed E-state index contributed by atoms with van der Waals surface area (Å²) < 4.78 is 19.0. The van der Waals surface area contributed by atoms with Gasteiger partial charge in [-0.1, -0.05) is 29.5 Å². The second-order valence-electron chi connectivity index (χ2n) is 7.83. The van der Waals surface area contributed by atoms with E-state index in [0.717, 1.165) is 0 Å². The molecule has 8 nitrogen and oxygen atoms in total. The molecule has 36 heavy (non-hydrogen) atoms. The zero-order valence-corrected chi connectivity index (χ0v) is 23.2. The summed E-state index contributed by atoms with van der Waals surface area (Å²) >= 11 is 3.25. The number of thiazole rings is 1. The average molecular weight is 620 g/mol. The van der Waals surface area contributed by atoms with Gasteiger partial charge in [-0.25, -0.2) is 9.79 Å². The second-order valence-corrected chi connectivity index (χ2v) is 10.00. The van der Waals surface area contributed by atoms with Gasteiger partial charge in [0.2, 0.25) is 0 Å². The highest BCUT2D eigenvalue weighted by Crippen LogP contribution is 2.36. The summed E-state index contributed by atoms with van der Waals surface area (Å²) in [6.07, 6.45) is 1.73. The van der Waals surface area contributed by atoms with Crippen molar-refractivity contribution in [2.45, 2.75) is 26.8 Å². The van der Waals surface area contributed by atoms with E-state index in [1.165, 1.54) is 15.9 Å². The number of rotatable bonds is 7. The number of nitrogens with zero attached hydrogens (tertiary/aromatic N) is 2. The Balaban J connectivity index is 1.97. The van der Waals surface area contributed by atoms with Crippen molar-refractivity contribution in [2.24, 2.45) is 4.99 Å². The monoisotopic (exact) mass is 620 g/mol. The molecular weight excluding hydrogens is 595 g/mol. The molecule has 2 aromatic carbocycles. The topological polar surface area (TPSA) is 99.4 Å². The molecule has 4 rings (SSSR count). The summed E-state index contributed by atoms with van der Waals surface area (Å²) in [5, 5.41) is 10.3. The van der Waals surface area contributed by atoms with Gasteiger partial charge in [0.15, 0.2) is 16.3 Å². The first-order chi connectivity index (χ1) is 17.3. The predicted molar refractivity (Wildman–Crippen MR) is 145 cm³/mol. The summed E-state index contributed by atoms with van der Waals surface area (Å²) in [6, 6.07) is 9.97. The minimum atomic E-state index is -0.766. The van der Waals surface area contributed by atoms with Gasteiger partial charge >= 0.3 is 5.97 Å². The number of halogens is 1. The third-order valence-electron chi connectivity index (χ3n) is 5.60. The number of aromatic hydroxyl groups is 1. The summed E-state index contributed by atoms with van der Waals surface area (Å²) in [7, 11) is 1.55. The number of carbonyl (C=O) groups excluding carboxylic acids is 1. The number of fused-ring (bicyclic) bond motifs is 1. The Kier molecular flexibility index (Phi) is 7.84. The van der Waals surface area contributed by atoms with E-state index in [1.54, 1.807) is 45.2 Å². The Morgan fingerprint density at radius 3 is 2.67 bits per heavy atom. The number of para-hydroxylation sites is 1. The van der Waals surface area contributed by atoms with Gasteiger partial charge in [-0.15, -0.1) is 0 Å². The molecule has 0 spiro atoms. The van der Waals surface area contributed by atoms with Gasteiger partial charge in [0.1, 0.15) is 11.8 Å². The van der Waals surface area contributed by atoms with E-state index in [-0.39, 0.29) is 23.5 Å². The molecule has 1 atom stereocenters. The van der Waals surface area contributed by atoms with Gasteiger partial charge in [0.05, 0.1) is 39.7 Å². The fourth-order valence-electron chi connectivity index (χ4n) is 4.07. The molecule has 188 valence electrons. The first-order valence-corrected chi connectivity index (χ1v) is 13.2. The first-order valence-electron chi connectivity index (χ1n) is 11.3. The van der Waals surface area contributed by atoms with Crippen molar-refractivity contribution in [3.8, 4) is 17.2 Å². The number of esters is 1. The van der Waals surface area contributed by atoms with Gasteiger partial charge in [-0.2, -0.15) is 0 Å². The Morgan fingerprint density at radius 1 is 1.22 bits per heavy atom. The molecule has 0 aliphatic carbocycles. The third-order valence-corrected chi connectivity index (χ3v) is 7.40. The number of allylic oxidation sites excluding steroid dienone is 1. The largest absolute Gasteiger partial charge is 0.504 e. The lowest BCUT2D eigenvalue weighted by atomic mass is 9.95. The summed E-state index contributed by atoms with van der Waals surface area (Å²) in [5.74, 6) is 0.416. The van der Waals surface area contributed by atoms with Crippen LogP contribution in [-0.4, -0.2) is 36.0 Å². The Morgan fingerprint density at radius 2 is 1.97 bits per heavy atom. The minimum Gasteiger partial charge on any atom is -0.504 e. The Hall–Kier alpha value is -3.12. The molecule has 10 heteroatoms. The lowest BCUT2D eigenvalue weighted by Crippen LogP contribution is -2.40. The van der Waals surface area contributed by atoms with Crippen molar-refractivity contribution >= 4 is 46.0 Å². The molecule has 1 aromatic heterocycles. The average Bonchev–Trinajstić information content (AvgIpc) is 3.15. The zero-order chi connectivity index (χ0) is 26.0. The van der Waals surface area contributed by atoms with E-state index in [0.29, 0.717) is 47.8 Å². The van der Waals surface area contributed by atoms with Crippen LogP contribution < -0.4 is 24.4 Å². The van der Waals surface area contributed by atoms with E-state index in [4.69, 9.17) is 14.2 Å². The fraction of sp³-hybridized carbons (Fsp3) is 0.269. The molecule has 0 fully saturated rings. The van der Waals surface area contributed by atoms with E-state index < -0.39 is 12.0 Å². The lowest BCUT2D eigenvalue weighted by molar-refractivity contribution is -0.139. The zero-order valence-electron chi connectivity index (χ0n) is 20.2. The van der Waals surface area contributed by atoms with Crippen LogP contribution in [0.25, 0.3) is 6.08 Å². The molecule has 0 saturated heterocycles.